The number of azide groups is 4. The molecule has 2 rings (SSSR count). The van der Waals surface area contributed by atoms with Crippen molar-refractivity contribution in [2.24, 2.45) is 20.5 Å². The molecule has 8 unspecified atom stereocenters. The Kier molecular flexibility index (Phi) is 71.6. The average molecular weight is 1370 g/mol. The van der Waals surface area contributed by atoms with E-state index in [2.05, 4.69) is 83.9 Å². The first-order chi connectivity index (χ1) is 43.7. The van der Waals surface area contributed by atoms with Gasteiger partial charge in [0.05, 0.1) is 102 Å². The Labute approximate surface area is 550 Å². The molecule has 2 aliphatic rings. The van der Waals surface area contributed by atoms with Gasteiger partial charge in [-0.3, -0.25) is 48.2 Å². The van der Waals surface area contributed by atoms with Crippen molar-refractivity contribution >= 4 is 90.6 Å². The van der Waals surface area contributed by atoms with Crippen LogP contribution in [0.2, 0.25) is 0 Å². The van der Waals surface area contributed by atoms with E-state index in [0.29, 0.717) is 25.0 Å². The van der Waals surface area contributed by atoms with Gasteiger partial charge in [0, 0.05) is 120 Å². The van der Waals surface area contributed by atoms with Gasteiger partial charge in [0.15, 0.2) is 0 Å². The number of carbonyl (C=O) groups excluding carboxylic acids is 8. The molecule has 6 amide bonds. The topological polar surface area (TPSA) is 542 Å². The number of aliphatic hydroxyl groups is 8. The maximum atomic E-state index is 11.4. The lowest BCUT2D eigenvalue weighted by molar-refractivity contribution is -0.143. The van der Waals surface area contributed by atoms with Crippen molar-refractivity contribution in [2.45, 2.75) is 127 Å². The smallest absolute Gasteiger partial charge is 0.308 e. The SMILES string of the molecule is C#CCC(O)CC.C#CCC(O)CC(=O)OC.C#CCC(O)CNC(=O)CCN1C(=O)C=CC1=O.C#CCC(O)CSSC.CCC(O)CN=[N+]=[N-].COC(=O)CC(O)CN=[N+]=[N-].CSSCC(O)CN=[N+]=[N-].[N-]=[N+]=NCC(O)CNC(=O)CCN1C(=O)C=CC1=O. The molecule has 0 bridgehead atoms. The lowest BCUT2D eigenvalue weighted by atomic mass is 10.2. The van der Waals surface area contributed by atoms with Gasteiger partial charge in [0.2, 0.25) is 11.8 Å². The van der Waals surface area contributed by atoms with Gasteiger partial charge in [-0.05, 0) is 47.5 Å². The van der Waals surface area contributed by atoms with Gasteiger partial charge >= 0.3 is 11.9 Å². The fraction of sp³-hybridized carbons (Fsp3) is 0.630. The zero-order valence-corrected chi connectivity index (χ0v) is 55.2. The third kappa shape index (κ3) is 66.6. The van der Waals surface area contributed by atoms with Gasteiger partial charge in [0.1, 0.15) is 0 Å². The third-order valence-corrected chi connectivity index (χ3v) is 13.5. The highest BCUT2D eigenvalue weighted by Gasteiger charge is 2.25. The number of amides is 6. The van der Waals surface area contributed by atoms with Crippen LogP contribution in [0.15, 0.2) is 44.8 Å². The minimum Gasteiger partial charge on any atom is -0.469 e. The molecule has 10 N–H and O–H groups in total. The Bertz CT molecular complexity index is 2540. The number of methoxy groups -OCH3 is 2. The number of imide groups is 2. The molecule has 0 fully saturated rings. The third-order valence-electron chi connectivity index (χ3n) is 9.79. The molecule has 0 aliphatic carbocycles. The molecule has 512 valence electrons. The molecule has 0 aromatic rings. The van der Waals surface area contributed by atoms with E-state index < -0.39 is 78.1 Å². The van der Waals surface area contributed by atoms with Crippen LogP contribution in [-0.4, -0.2) is 237 Å². The van der Waals surface area contributed by atoms with E-state index in [0.717, 1.165) is 46.3 Å². The summed E-state index contributed by atoms with van der Waals surface area (Å²) in [5.41, 5.74) is 31.5. The van der Waals surface area contributed by atoms with Crippen LogP contribution in [0, 0.1) is 49.4 Å². The number of hydrogen-bond donors (Lipinski definition) is 10. The first-order valence-corrected chi connectivity index (χ1v) is 32.5. The molecule has 92 heavy (non-hydrogen) atoms. The van der Waals surface area contributed by atoms with Crippen molar-refractivity contribution < 1.29 is 88.7 Å². The van der Waals surface area contributed by atoms with E-state index in [4.69, 9.17) is 78.5 Å². The lowest BCUT2D eigenvalue weighted by Gasteiger charge is -2.14. The standard InChI is InChI=1S/C12H14N2O4.C10H13N5O4.C7H10O3.C6H10OS2.C6H10O.C5H9N3O3.C4H9N3OS2.C4H9N3O/c1-2-3-9(15)8-13-10(16)6-7-14-11(17)4-5-12(14)18;11-14-13-6-7(16)5-12-8(17)3-4-15-9(18)1-2-10(15)19;1-3-4-6(8)5-7(9)10-2;1-3-4-6(7)5-9-8-2;1-3-5-6(7)4-2;1-11-5(10)2-4(9)3-7-8-6;1-9-10-3-4(8)2-6-7-5;1-2-4(8)3-6-7-5/h1,4-5,9,15H,3,6-8H2,(H,13,16);1-2,7,16H,3-6H2,(H,12,17);1,6,8H,4-5H2,2H3;1,6-7H,4-5H2,2H3;1,6-7H,4-5H2,2H3;4,9H,2-3H2,1H3;4,8H,2-3H2,1H3;4,8H,2-3H2,1H3. The van der Waals surface area contributed by atoms with Gasteiger partial charge < -0.3 is 61.0 Å². The van der Waals surface area contributed by atoms with Gasteiger partial charge in [-0.1, -0.05) is 77.5 Å². The fourth-order valence-electron chi connectivity index (χ4n) is 4.94. The second-order valence-electron chi connectivity index (χ2n) is 17.2. The number of carbonyl (C=O) groups is 8. The summed E-state index contributed by atoms with van der Waals surface area (Å²) in [6.45, 7) is 3.87. The van der Waals surface area contributed by atoms with E-state index in [1.54, 1.807) is 43.2 Å². The minimum atomic E-state index is -0.962. The number of nitrogens with one attached hydrogen (secondary N) is 2. The van der Waals surface area contributed by atoms with Gasteiger partial charge in [-0.2, -0.15) is 0 Å². The van der Waals surface area contributed by atoms with Crippen LogP contribution in [0.1, 0.15) is 78.1 Å². The van der Waals surface area contributed by atoms with Crippen LogP contribution in [0.4, 0.5) is 0 Å². The summed E-state index contributed by atoms with van der Waals surface area (Å²) >= 11 is 0. The molecule has 2 heterocycles. The van der Waals surface area contributed by atoms with Crippen LogP contribution in [0.25, 0.3) is 41.8 Å². The molecule has 2 aliphatic heterocycles. The summed E-state index contributed by atoms with van der Waals surface area (Å²) in [4.78, 5) is 100. The summed E-state index contributed by atoms with van der Waals surface area (Å²) in [5.74, 6) is 7.18. The largest absolute Gasteiger partial charge is 0.469 e. The van der Waals surface area contributed by atoms with Crippen LogP contribution in [-0.2, 0) is 47.8 Å². The summed E-state index contributed by atoms with van der Waals surface area (Å²) in [5, 5.41) is 89.3. The summed E-state index contributed by atoms with van der Waals surface area (Å²) in [6, 6.07) is 0. The minimum absolute atomic E-state index is 0.00192. The molecule has 0 radical (unpaired) electrons. The molecule has 0 saturated heterocycles. The monoisotopic (exact) mass is 1370 g/mol. The number of hydrogen-bond acceptors (Lipinski definition) is 26. The van der Waals surface area contributed by atoms with Crippen molar-refractivity contribution in [2.75, 3.05) is 90.6 Å². The number of nitrogens with zero attached hydrogens (tertiary/aromatic N) is 14. The first kappa shape index (κ1) is 95.3. The van der Waals surface area contributed by atoms with Crippen LogP contribution >= 0.6 is 43.2 Å². The number of ether oxygens (including phenoxy) is 2. The Morgan fingerprint density at radius 2 is 0.804 bits per heavy atom. The van der Waals surface area contributed by atoms with Crippen molar-refractivity contribution in [3.05, 3.63) is 66.1 Å². The van der Waals surface area contributed by atoms with E-state index in [1.807, 2.05) is 26.4 Å². The number of aliphatic hydroxyl groups excluding tert-OH is 8. The molecule has 34 nitrogen and oxygen atoms in total. The van der Waals surface area contributed by atoms with E-state index >= 15 is 0 Å². The Balaban J connectivity index is -0.000000236. The predicted molar refractivity (Wildman–Crippen MR) is 351 cm³/mol. The van der Waals surface area contributed by atoms with Crippen molar-refractivity contribution in [1.29, 1.82) is 0 Å². The van der Waals surface area contributed by atoms with Crippen molar-refractivity contribution in [3.8, 4) is 49.4 Å². The fourth-order valence-corrected chi connectivity index (χ4v) is 7.51. The van der Waals surface area contributed by atoms with E-state index in [-0.39, 0.29) is 109 Å². The van der Waals surface area contributed by atoms with Crippen LogP contribution in [0.5, 0.6) is 0 Å². The lowest BCUT2D eigenvalue weighted by Crippen LogP contribution is -2.37. The second kappa shape index (κ2) is 69.1. The maximum absolute atomic E-state index is 11.4. The summed E-state index contributed by atoms with van der Waals surface area (Å²) < 4.78 is 8.57. The molecule has 8 atom stereocenters. The molecular weight excluding hydrogens is 1290 g/mol. The molecule has 0 aromatic carbocycles. The Hall–Kier alpha value is -7.80. The second-order valence-corrected chi connectivity index (χ2v) is 22.4. The van der Waals surface area contributed by atoms with Gasteiger partial charge in [-0.15, -0.1) is 49.4 Å². The molecule has 0 saturated carbocycles. The van der Waals surface area contributed by atoms with Crippen molar-refractivity contribution in [1.82, 2.24) is 20.4 Å². The highest BCUT2D eigenvalue weighted by Crippen LogP contribution is 2.18. The molecule has 0 spiro atoms. The highest BCUT2D eigenvalue weighted by atomic mass is 33.1. The number of rotatable bonds is 34. The van der Waals surface area contributed by atoms with Gasteiger partial charge in [0.25, 0.3) is 23.6 Å². The van der Waals surface area contributed by atoms with E-state index in [9.17, 15) is 48.6 Å². The highest BCUT2D eigenvalue weighted by molar-refractivity contribution is 8.76. The zero-order valence-electron chi connectivity index (χ0n) is 51.9. The quantitative estimate of drug-likeness (QED) is 0.00842. The van der Waals surface area contributed by atoms with Crippen LogP contribution < -0.4 is 10.6 Å². The summed E-state index contributed by atoms with van der Waals surface area (Å²) in [6.07, 6.45) is 25.7. The average Bonchev–Trinajstić information content (AvgIpc) is 2.05. The molecule has 38 heteroatoms. The van der Waals surface area contributed by atoms with Gasteiger partial charge in [-0.25, -0.2) is 0 Å². The summed E-state index contributed by atoms with van der Waals surface area (Å²) in [7, 11) is 8.90. The molecular formula is C54H84N16O18S4. The van der Waals surface area contributed by atoms with E-state index in [1.165, 1.54) is 14.2 Å². The zero-order chi connectivity index (χ0) is 71.5. The Morgan fingerprint density at radius 3 is 1.14 bits per heavy atom. The molecule has 0 aromatic heterocycles. The number of esters is 2. The maximum Gasteiger partial charge on any atom is 0.308 e. The first-order valence-electron chi connectivity index (χ1n) is 27.0. The normalized spacial score (nSPS) is 13.5. The Morgan fingerprint density at radius 1 is 0.500 bits per heavy atom. The number of terminal acetylenes is 4. The predicted octanol–water partition coefficient (Wildman–Crippen LogP) is 2.94. The van der Waals surface area contributed by atoms with Crippen molar-refractivity contribution in [3.63, 3.8) is 0 Å². The van der Waals surface area contributed by atoms with Crippen LogP contribution in [0.3, 0.4) is 0 Å².